The highest BCUT2D eigenvalue weighted by Crippen LogP contribution is 2.33. The highest BCUT2D eigenvalue weighted by Gasteiger charge is 2.21. The summed E-state index contributed by atoms with van der Waals surface area (Å²) in [7, 11) is 0. The summed E-state index contributed by atoms with van der Waals surface area (Å²) in [6.45, 7) is 14.0. The molecule has 0 saturated heterocycles. The van der Waals surface area contributed by atoms with Crippen molar-refractivity contribution < 1.29 is 0 Å². The maximum atomic E-state index is 2.43. The Bertz CT molecular complexity index is 370. The van der Waals surface area contributed by atoms with Crippen LogP contribution in [0, 0.1) is 23.7 Å². The molecular formula is C22H38. The average molecular weight is 303 g/mol. The van der Waals surface area contributed by atoms with E-state index in [2.05, 4.69) is 71.9 Å². The molecule has 2 rings (SSSR count). The minimum atomic E-state index is 0.677. The van der Waals surface area contributed by atoms with Gasteiger partial charge in [-0.3, -0.25) is 0 Å². The van der Waals surface area contributed by atoms with Crippen LogP contribution < -0.4 is 0 Å². The van der Waals surface area contributed by atoms with Crippen LogP contribution in [0.3, 0.4) is 0 Å². The van der Waals surface area contributed by atoms with E-state index in [0.29, 0.717) is 5.92 Å². The minimum Gasteiger partial charge on any atom is -0.0625 e. The van der Waals surface area contributed by atoms with E-state index in [0.717, 1.165) is 23.7 Å². The first kappa shape index (κ1) is 19.3. The number of hydrogen-bond donors (Lipinski definition) is 0. The van der Waals surface area contributed by atoms with Gasteiger partial charge in [0.05, 0.1) is 0 Å². The van der Waals surface area contributed by atoms with Gasteiger partial charge in [0.25, 0.3) is 0 Å². The fourth-order valence-electron chi connectivity index (χ4n) is 3.35. The van der Waals surface area contributed by atoms with E-state index in [1.165, 1.54) is 37.7 Å². The molecule has 0 amide bonds. The smallest absolute Gasteiger partial charge is 0.0167 e. The molecular weight excluding hydrogens is 264 g/mol. The lowest BCUT2D eigenvalue weighted by molar-refractivity contribution is 0.213. The summed E-state index contributed by atoms with van der Waals surface area (Å²) in [5.74, 6) is 4.30. The Kier molecular flexibility index (Phi) is 8.83. The summed E-state index contributed by atoms with van der Waals surface area (Å²) in [6.07, 6.45) is 7.46. The Morgan fingerprint density at radius 1 is 0.727 bits per heavy atom. The molecule has 0 radical (unpaired) electrons. The largest absolute Gasteiger partial charge is 0.0625 e. The van der Waals surface area contributed by atoms with Crippen LogP contribution in [0.1, 0.15) is 85.1 Å². The van der Waals surface area contributed by atoms with Crippen LogP contribution in [0.4, 0.5) is 0 Å². The zero-order valence-electron chi connectivity index (χ0n) is 15.8. The zero-order valence-corrected chi connectivity index (χ0v) is 15.8. The molecule has 1 aromatic carbocycles. The van der Waals surface area contributed by atoms with Gasteiger partial charge in [0.15, 0.2) is 0 Å². The van der Waals surface area contributed by atoms with E-state index in [4.69, 9.17) is 0 Å². The SMILES string of the molecule is CC(C)C(C)C1CCCCC1.CC(C)C(C)c1ccccc1. The zero-order chi connectivity index (χ0) is 16.5. The molecule has 0 aromatic heterocycles. The molecule has 126 valence electrons. The van der Waals surface area contributed by atoms with Crippen LogP contribution in [0.15, 0.2) is 30.3 Å². The maximum Gasteiger partial charge on any atom is -0.0167 e. The average Bonchev–Trinajstić information content (AvgIpc) is 2.55. The number of hydrogen-bond acceptors (Lipinski definition) is 0. The second-order valence-electron chi connectivity index (χ2n) is 7.94. The summed E-state index contributed by atoms with van der Waals surface area (Å²) < 4.78 is 0. The van der Waals surface area contributed by atoms with Gasteiger partial charge in [0, 0.05) is 0 Å². The highest BCUT2D eigenvalue weighted by atomic mass is 14.3. The van der Waals surface area contributed by atoms with Gasteiger partial charge in [0.2, 0.25) is 0 Å². The molecule has 0 bridgehead atoms. The first-order valence-electron chi connectivity index (χ1n) is 9.48. The molecule has 2 atom stereocenters. The standard InChI is InChI=1S/C11H22.C11H16/c2*1-9(2)10(3)11-7-5-4-6-8-11/h9-11H,4-8H2,1-3H3;4-10H,1-3H3. The van der Waals surface area contributed by atoms with E-state index in [1.54, 1.807) is 0 Å². The van der Waals surface area contributed by atoms with Crippen molar-refractivity contribution in [2.45, 2.75) is 79.6 Å². The van der Waals surface area contributed by atoms with Crippen molar-refractivity contribution >= 4 is 0 Å². The monoisotopic (exact) mass is 302 g/mol. The lowest BCUT2D eigenvalue weighted by atomic mass is 9.76. The van der Waals surface area contributed by atoms with Crippen LogP contribution in [0.25, 0.3) is 0 Å². The van der Waals surface area contributed by atoms with Crippen molar-refractivity contribution in [1.82, 2.24) is 0 Å². The summed E-state index contributed by atoms with van der Waals surface area (Å²) in [6, 6.07) is 10.7. The van der Waals surface area contributed by atoms with E-state index in [9.17, 15) is 0 Å². The molecule has 0 spiro atoms. The van der Waals surface area contributed by atoms with Crippen molar-refractivity contribution in [3.05, 3.63) is 35.9 Å². The van der Waals surface area contributed by atoms with E-state index >= 15 is 0 Å². The Labute approximate surface area is 139 Å². The van der Waals surface area contributed by atoms with Crippen LogP contribution in [-0.4, -0.2) is 0 Å². The second-order valence-corrected chi connectivity index (χ2v) is 7.94. The maximum absolute atomic E-state index is 2.43. The topological polar surface area (TPSA) is 0 Å². The predicted octanol–water partition coefficient (Wildman–Crippen LogP) is 7.30. The highest BCUT2D eigenvalue weighted by molar-refractivity contribution is 5.18. The Morgan fingerprint density at radius 2 is 1.27 bits per heavy atom. The molecule has 22 heavy (non-hydrogen) atoms. The molecule has 1 aromatic rings. The molecule has 0 nitrogen and oxygen atoms in total. The Morgan fingerprint density at radius 3 is 1.73 bits per heavy atom. The van der Waals surface area contributed by atoms with Crippen LogP contribution >= 0.6 is 0 Å². The van der Waals surface area contributed by atoms with Crippen molar-refractivity contribution in [1.29, 1.82) is 0 Å². The lowest BCUT2D eigenvalue weighted by Crippen LogP contribution is -2.19. The normalized spacial score (nSPS) is 18.7. The van der Waals surface area contributed by atoms with Crippen LogP contribution in [0.5, 0.6) is 0 Å². The molecule has 0 heteroatoms. The quantitative estimate of drug-likeness (QED) is 0.547. The van der Waals surface area contributed by atoms with Crippen molar-refractivity contribution in [3.8, 4) is 0 Å². The van der Waals surface area contributed by atoms with Gasteiger partial charge in [-0.2, -0.15) is 0 Å². The van der Waals surface area contributed by atoms with Gasteiger partial charge in [-0.1, -0.05) is 104 Å². The van der Waals surface area contributed by atoms with Gasteiger partial charge < -0.3 is 0 Å². The number of rotatable bonds is 4. The fourth-order valence-corrected chi connectivity index (χ4v) is 3.35. The minimum absolute atomic E-state index is 0.677. The molecule has 1 saturated carbocycles. The molecule has 1 aliphatic carbocycles. The second kappa shape index (κ2) is 10.1. The first-order chi connectivity index (χ1) is 10.4. The van der Waals surface area contributed by atoms with Crippen LogP contribution in [-0.2, 0) is 0 Å². The Hall–Kier alpha value is -0.780. The molecule has 1 aliphatic rings. The van der Waals surface area contributed by atoms with E-state index in [1.807, 2.05) is 0 Å². The molecule has 0 N–H and O–H groups in total. The Balaban J connectivity index is 0.000000220. The third kappa shape index (κ3) is 6.55. The summed E-state index contributed by atoms with van der Waals surface area (Å²) in [5, 5.41) is 0. The third-order valence-electron chi connectivity index (χ3n) is 5.77. The first-order valence-corrected chi connectivity index (χ1v) is 9.48. The fraction of sp³-hybridized carbons (Fsp3) is 0.727. The van der Waals surface area contributed by atoms with Crippen LogP contribution in [0.2, 0.25) is 0 Å². The van der Waals surface area contributed by atoms with Gasteiger partial charge >= 0.3 is 0 Å². The summed E-state index contributed by atoms with van der Waals surface area (Å²) in [4.78, 5) is 0. The molecule has 0 aliphatic heterocycles. The van der Waals surface area contributed by atoms with Gasteiger partial charge in [-0.05, 0) is 35.2 Å². The lowest BCUT2D eigenvalue weighted by Gasteiger charge is -2.30. The van der Waals surface area contributed by atoms with E-state index in [-0.39, 0.29) is 0 Å². The predicted molar refractivity (Wildman–Crippen MR) is 100 cm³/mol. The van der Waals surface area contributed by atoms with Gasteiger partial charge in [-0.15, -0.1) is 0 Å². The molecule has 1 fully saturated rings. The van der Waals surface area contributed by atoms with Crippen molar-refractivity contribution in [2.75, 3.05) is 0 Å². The van der Waals surface area contributed by atoms with Gasteiger partial charge in [-0.25, -0.2) is 0 Å². The summed E-state index contributed by atoms with van der Waals surface area (Å²) >= 11 is 0. The number of benzene rings is 1. The molecule has 0 heterocycles. The van der Waals surface area contributed by atoms with Gasteiger partial charge in [0.1, 0.15) is 0 Å². The van der Waals surface area contributed by atoms with E-state index < -0.39 is 0 Å². The van der Waals surface area contributed by atoms with Crippen molar-refractivity contribution in [2.24, 2.45) is 23.7 Å². The summed E-state index contributed by atoms with van der Waals surface area (Å²) in [5.41, 5.74) is 1.45. The third-order valence-corrected chi connectivity index (χ3v) is 5.77. The molecule has 2 unspecified atom stereocenters. The van der Waals surface area contributed by atoms with Crippen molar-refractivity contribution in [3.63, 3.8) is 0 Å².